The second kappa shape index (κ2) is 8.66. The molecule has 3 heteroatoms. The summed E-state index contributed by atoms with van der Waals surface area (Å²) in [6.07, 6.45) is 0. The zero-order chi connectivity index (χ0) is 20.1. The summed E-state index contributed by atoms with van der Waals surface area (Å²) >= 11 is 0. The second-order valence-electron chi connectivity index (χ2n) is 7.23. The van der Waals surface area contributed by atoms with Crippen LogP contribution in [-0.2, 0) is 4.74 Å². The van der Waals surface area contributed by atoms with Crippen LogP contribution in [0.15, 0.2) is 72.8 Å². The van der Waals surface area contributed by atoms with Gasteiger partial charge in [-0.1, -0.05) is 80.6 Å². The molecule has 0 aliphatic heterocycles. The number of hydrogen-bond donors (Lipinski definition) is 0. The minimum absolute atomic E-state index is 0.0564. The molecule has 0 saturated carbocycles. The lowest BCUT2D eigenvalue weighted by Gasteiger charge is -2.14. The lowest BCUT2D eigenvalue weighted by Crippen LogP contribution is -2.12. The molecule has 3 aromatic carbocycles. The summed E-state index contributed by atoms with van der Waals surface area (Å²) in [5.41, 5.74) is 4.05. The topological polar surface area (TPSA) is 43.4 Å². The highest BCUT2D eigenvalue weighted by Gasteiger charge is 2.20. The van der Waals surface area contributed by atoms with Gasteiger partial charge in [0.05, 0.1) is 12.2 Å². The first-order valence-corrected chi connectivity index (χ1v) is 9.45. The number of aryl methyl sites for hydroxylation is 1. The Morgan fingerprint density at radius 2 is 1.25 bits per heavy atom. The Kier molecular flexibility index (Phi) is 6.05. The molecule has 0 aromatic heterocycles. The first kappa shape index (κ1) is 19.6. The smallest absolute Gasteiger partial charge is 0.338 e. The van der Waals surface area contributed by atoms with Crippen LogP contribution >= 0.6 is 0 Å². The molecular formula is C25H24O3. The second-order valence-corrected chi connectivity index (χ2v) is 7.23. The number of carbonyl (C=O) groups excluding carboxylic acids is 2. The molecule has 142 valence electrons. The highest BCUT2D eigenvalue weighted by Crippen LogP contribution is 2.30. The van der Waals surface area contributed by atoms with E-state index in [1.807, 2.05) is 75.4 Å². The van der Waals surface area contributed by atoms with Crippen LogP contribution in [0, 0.1) is 12.8 Å². The fourth-order valence-corrected chi connectivity index (χ4v) is 3.10. The summed E-state index contributed by atoms with van der Waals surface area (Å²) in [4.78, 5) is 25.9. The third-order valence-corrected chi connectivity index (χ3v) is 4.55. The molecule has 0 fully saturated rings. The lowest BCUT2D eigenvalue weighted by atomic mass is 9.90. The molecule has 0 aliphatic rings. The normalized spacial score (nSPS) is 10.7. The maximum atomic E-state index is 13.2. The van der Waals surface area contributed by atoms with Crippen LogP contribution in [0.5, 0.6) is 0 Å². The van der Waals surface area contributed by atoms with Crippen LogP contribution in [0.1, 0.15) is 45.7 Å². The molecule has 0 N–H and O–H groups in total. The predicted octanol–water partition coefficient (Wildman–Crippen LogP) is 5.71. The Morgan fingerprint density at radius 1 is 0.750 bits per heavy atom. The summed E-state index contributed by atoms with van der Waals surface area (Å²) in [7, 11) is 0. The van der Waals surface area contributed by atoms with Gasteiger partial charge in [-0.15, -0.1) is 0 Å². The number of ether oxygens (including phenoxy) is 1. The summed E-state index contributed by atoms with van der Waals surface area (Å²) in [5.74, 6) is -0.174. The molecule has 0 aliphatic carbocycles. The molecule has 0 bridgehead atoms. The summed E-state index contributed by atoms with van der Waals surface area (Å²) in [6, 6.07) is 22.2. The summed E-state index contributed by atoms with van der Waals surface area (Å²) in [5, 5.41) is 0. The monoisotopic (exact) mass is 372 g/mol. The molecule has 3 aromatic rings. The molecule has 0 radical (unpaired) electrons. The van der Waals surface area contributed by atoms with Gasteiger partial charge in [0.2, 0.25) is 0 Å². The van der Waals surface area contributed by atoms with Crippen molar-refractivity contribution in [3.05, 3.63) is 95.1 Å². The van der Waals surface area contributed by atoms with E-state index in [1.54, 1.807) is 18.2 Å². The van der Waals surface area contributed by atoms with Crippen molar-refractivity contribution in [3.63, 3.8) is 0 Å². The van der Waals surface area contributed by atoms with Gasteiger partial charge in [-0.2, -0.15) is 0 Å². The summed E-state index contributed by atoms with van der Waals surface area (Å²) < 4.78 is 5.43. The van der Waals surface area contributed by atoms with E-state index in [-0.39, 0.29) is 17.7 Å². The van der Waals surface area contributed by atoms with Gasteiger partial charge in [0.1, 0.15) is 0 Å². The van der Waals surface area contributed by atoms with Gasteiger partial charge >= 0.3 is 5.97 Å². The SMILES string of the molecule is Cc1ccccc1C(=O)c1ccccc1-c1ccccc1C(=O)OCC(C)C. The van der Waals surface area contributed by atoms with E-state index in [0.717, 1.165) is 11.1 Å². The van der Waals surface area contributed by atoms with Crippen molar-refractivity contribution in [2.45, 2.75) is 20.8 Å². The molecule has 3 rings (SSSR count). The van der Waals surface area contributed by atoms with Gasteiger partial charge in [0, 0.05) is 11.1 Å². The fraction of sp³-hybridized carbons (Fsp3) is 0.200. The van der Waals surface area contributed by atoms with Crippen molar-refractivity contribution < 1.29 is 14.3 Å². The first-order chi connectivity index (χ1) is 13.5. The Morgan fingerprint density at radius 3 is 1.86 bits per heavy atom. The van der Waals surface area contributed by atoms with Crippen LogP contribution in [0.25, 0.3) is 11.1 Å². The first-order valence-electron chi connectivity index (χ1n) is 9.45. The van der Waals surface area contributed by atoms with Gasteiger partial charge in [-0.05, 0) is 35.6 Å². The van der Waals surface area contributed by atoms with Crippen molar-refractivity contribution in [1.82, 2.24) is 0 Å². The fourth-order valence-electron chi connectivity index (χ4n) is 3.10. The molecule has 0 spiro atoms. The van der Waals surface area contributed by atoms with Crippen molar-refractivity contribution in [2.24, 2.45) is 5.92 Å². The van der Waals surface area contributed by atoms with E-state index in [9.17, 15) is 9.59 Å². The van der Waals surface area contributed by atoms with E-state index in [2.05, 4.69) is 0 Å². The highest BCUT2D eigenvalue weighted by molar-refractivity contribution is 6.14. The van der Waals surface area contributed by atoms with E-state index >= 15 is 0 Å². The molecule has 0 atom stereocenters. The lowest BCUT2D eigenvalue weighted by molar-refractivity contribution is 0.0459. The maximum Gasteiger partial charge on any atom is 0.338 e. The van der Waals surface area contributed by atoms with Gasteiger partial charge in [-0.3, -0.25) is 4.79 Å². The zero-order valence-electron chi connectivity index (χ0n) is 16.4. The largest absolute Gasteiger partial charge is 0.462 e. The quantitative estimate of drug-likeness (QED) is 0.411. The Bertz CT molecular complexity index is 1000. The van der Waals surface area contributed by atoms with Crippen LogP contribution in [0.3, 0.4) is 0 Å². The van der Waals surface area contributed by atoms with Gasteiger partial charge in [0.25, 0.3) is 0 Å². The number of rotatable bonds is 6. The number of ketones is 1. The minimum atomic E-state index is -0.373. The van der Waals surface area contributed by atoms with Crippen LogP contribution < -0.4 is 0 Å². The third kappa shape index (κ3) is 4.20. The van der Waals surface area contributed by atoms with E-state index in [0.29, 0.717) is 28.9 Å². The third-order valence-electron chi connectivity index (χ3n) is 4.55. The minimum Gasteiger partial charge on any atom is -0.462 e. The molecule has 0 heterocycles. The van der Waals surface area contributed by atoms with E-state index < -0.39 is 0 Å². The Hall–Kier alpha value is -3.20. The number of benzene rings is 3. The van der Waals surface area contributed by atoms with Crippen molar-refractivity contribution >= 4 is 11.8 Å². The molecule has 0 saturated heterocycles. The van der Waals surface area contributed by atoms with Crippen molar-refractivity contribution in [1.29, 1.82) is 0 Å². The molecule has 3 nitrogen and oxygen atoms in total. The molecule has 0 unspecified atom stereocenters. The zero-order valence-corrected chi connectivity index (χ0v) is 16.4. The van der Waals surface area contributed by atoms with Crippen LogP contribution in [0.2, 0.25) is 0 Å². The maximum absolute atomic E-state index is 13.2. The Labute approximate surface area is 166 Å². The van der Waals surface area contributed by atoms with Gasteiger partial charge in [0.15, 0.2) is 5.78 Å². The predicted molar refractivity (Wildman–Crippen MR) is 112 cm³/mol. The number of carbonyl (C=O) groups is 2. The van der Waals surface area contributed by atoms with E-state index in [4.69, 9.17) is 4.74 Å². The van der Waals surface area contributed by atoms with Crippen molar-refractivity contribution in [2.75, 3.05) is 6.61 Å². The molecular weight excluding hydrogens is 348 g/mol. The highest BCUT2D eigenvalue weighted by atomic mass is 16.5. The summed E-state index contributed by atoms with van der Waals surface area (Å²) in [6.45, 7) is 6.27. The average Bonchev–Trinajstić information content (AvgIpc) is 2.72. The van der Waals surface area contributed by atoms with E-state index in [1.165, 1.54) is 0 Å². The standard InChI is InChI=1S/C25H24O3/c1-17(2)16-28-25(27)23-15-9-7-13-21(23)20-12-6-8-14-22(20)24(26)19-11-5-4-10-18(19)3/h4-15,17H,16H2,1-3H3. The van der Waals surface area contributed by atoms with Crippen LogP contribution in [-0.4, -0.2) is 18.4 Å². The average molecular weight is 372 g/mol. The molecule has 0 amide bonds. The number of hydrogen-bond acceptors (Lipinski definition) is 3. The Balaban J connectivity index is 2.06. The van der Waals surface area contributed by atoms with Gasteiger partial charge < -0.3 is 4.74 Å². The number of esters is 1. The van der Waals surface area contributed by atoms with Crippen molar-refractivity contribution in [3.8, 4) is 11.1 Å². The van der Waals surface area contributed by atoms with Gasteiger partial charge in [-0.25, -0.2) is 4.79 Å². The van der Waals surface area contributed by atoms with Crippen LogP contribution in [0.4, 0.5) is 0 Å². The molecule has 28 heavy (non-hydrogen) atoms.